The molecule has 4 rings (SSSR count). The van der Waals surface area contributed by atoms with Crippen molar-refractivity contribution in [3.63, 3.8) is 0 Å². The van der Waals surface area contributed by atoms with Crippen LogP contribution in [0.15, 0.2) is 36.4 Å². The zero-order valence-corrected chi connectivity index (χ0v) is 17.7. The van der Waals surface area contributed by atoms with Gasteiger partial charge in [-0.15, -0.1) is 0 Å². The van der Waals surface area contributed by atoms with Crippen LogP contribution in [0.4, 0.5) is 10.1 Å². The maximum absolute atomic E-state index is 13.8. The van der Waals surface area contributed by atoms with Crippen molar-refractivity contribution in [2.45, 2.75) is 39.0 Å². The number of aliphatic hydroxyl groups excluding tert-OH is 2. The lowest BCUT2D eigenvalue weighted by molar-refractivity contribution is -0.110. The number of halogens is 1. The molecule has 164 valence electrons. The summed E-state index contributed by atoms with van der Waals surface area (Å²) < 4.78 is 19.7. The number of benzene rings is 2. The number of carbonyl (C=O) groups is 1. The molecule has 2 aromatic carbocycles. The summed E-state index contributed by atoms with van der Waals surface area (Å²) >= 11 is 0. The number of anilines is 1. The van der Waals surface area contributed by atoms with Crippen LogP contribution in [0.5, 0.6) is 0 Å². The number of aliphatic hydroxyl groups is 2. The van der Waals surface area contributed by atoms with Crippen molar-refractivity contribution in [1.29, 1.82) is 0 Å². The predicted octanol–water partition coefficient (Wildman–Crippen LogP) is 2.78. The van der Waals surface area contributed by atoms with E-state index in [0.717, 1.165) is 29.7 Å². The number of nitrogens with zero attached hydrogens (tertiary/aromatic N) is 1. The van der Waals surface area contributed by atoms with Crippen LogP contribution < -0.4 is 5.32 Å². The molecule has 0 spiro atoms. The Bertz CT molecular complexity index is 1030. The Morgan fingerprint density at radius 3 is 2.74 bits per heavy atom. The van der Waals surface area contributed by atoms with Crippen LogP contribution in [0.2, 0.25) is 0 Å². The first-order valence-corrected chi connectivity index (χ1v) is 10.5. The molecule has 2 heterocycles. The Hall–Kier alpha value is -2.74. The average molecular weight is 426 g/mol. The normalized spacial score (nSPS) is 18.2. The van der Waals surface area contributed by atoms with Crippen molar-refractivity contribution in [3.05, 3.63) is 64.5 Å². The first-order chi connectivity index (χ1) is 14.9. The second-order valence-electron chi connectivity index (χ2n) is 8.30. The van der Waals surface area contributed by atoms with Gasteiger partial charge in [-0.25, -0.2) is 4.39 Å². The molecule has 0 saturated heterocycles. The van der Waals surface area contributed by atoms with Gasteiger partial charge in [-0.05, 0) is 44.0 Å². The fourth-order valence-corrected chi connectivity index (χ4v) is 4.10. The Kier molecular flexibility index (Phi) is 6.09. The molecule has 0 saturated carbocycles. The fourth-order valence-electron chi connectivity index (χ4n) is 4.10. The number of ether oxygens (including phenoxy) is 1. The number of amides is 1. The van der Waals surface area contributed by atoms with E-state index in [2.05, 4.69) is 30.1 Å². The van der Waals surface area contributed by atoms with Crippen LogP contribution >= 0.6 is 0 Å². The van der Waals surface area contributed by atoms with Gasteiger partial charge in [-0.1, -0.05) is 18.2 Å². The van der Waals surface area contributed by atoms with Crippen LogP contribution in [-0.4, -0.2) is 52.9 Å². The maximum atomic E-state index is 13.8. The van der Waals surface area contributed by atoms with Gasteiger partial charge in [-0.2, -0.15) is 0 Å². The summed E-state index contributed by atoms with van der Waals surface area (Å²) in [5.41, 5.74) is 4.44. The fraction of sp³-hybridized carbons (Fsp3) is 0.375. The molecular formula is C24H27FN2O4. The van der Waals surface area contributed by atoms with Gasteiger partial charge >= 0.3 is 0 Å². The topological polar surface area (TPSA) is 82.0 Å². The van der Waals surface area contributed by atoms with Gasteiger partial charge < -0.3 is 20.3 Å². The largest absolute Gasteiger partial charge is 0.487 e. The molecule has 1 amide bonds. The second kappa shape index (κ2) is 8.78. The summed E-state index contributed by atoms with van der Waals surface area (Å²) in [6.07, 6.45) is 0.0274. The van der Waals surface area contributed by atoms with Gasteiger partial charge in [0, 0.05) is 41.5 Å². The Morgan fingerprint density at radius 1 is 1.19 bits per heavy atom. The molecule has 0 fully saturated rings. The van der Waals surface area contributed by atoms with Crippen molar-refractivity contribution >= 4 is 22.9 Å². The number of rotatable bonds is 7. The van der Waals surface area contributed by atoms with Gasteiger partial charge in [-0.3, -0.25) is 9.69 Å². The van der Waals surface area contributed by atoms with Gasteiger partial charge in [0.25, 0.3) is 5.91 Å². The van der Waals surface area contributed by atoms with E-state index in [-0.39, 0.29) is 18.6 Å². The molecule has 0 aliphatic carbocycles. The summed E-state index contributed by atoms with van der Waals surface area (Å²) in [5, 5.41) is 21.7. The molecule has 6 nitrogen and oxygen atoms in total. The Balaban J connectivity index is 1.56. The highest BCUT2D eigenvalue weighted by molar-refractivity contribution is 6.36. The molecule has 0 radical (unpaired) electrons. The van der Waals surface area contributed by atoms with Crippen LogP contribution in [0.3, 0.4) is 0 Å². The summed E-state index contributed by atoms with van der Waals surface area (Å²) in [6, 6.07) is 10.5. The zero-order chi connectivity index (χ0) is 22.1. The minimum absolute atomic E-state index is 0.247. The molecule has 3 N–H and O–H groups in total. The number of hydrogen-bond donors (Lipinski definition) is 3. The molecule has 0 aromatic heterocycles. The maximum Gasteiger partial charge on any atom is 0.260 e. The van der Waals surface area contributed by atoms with Crippen LogP contribution in [0, 0.1) is 5.82 Å². The van der Waals surface area contributed by atoms with E-state index in [0.29, 0.717) is 35.7 Å². The summed E-state index contributed by atoms with van der Waals surface area (Å²) in [6.45, 7) is 5.40. The minimum atomic E-state index is -0.754. The molecule has 2 aliphatic rings. The summed E-state index contributed by atoms with van der Waals surface area (Å²) in [5.74, 6) is -0.205. The lowest BCUT2D eigenvalue weighted by atomic mass is 9.98. The van der Waals surface area contributed by atoms with Crippen molar-refractivity contribution in [3.8, 4) is 0 Å². The van der Waals surface area contributed by atoms with E-state index in [1.54, 1.807) is 6.07 Å². The third-order valence-corrected chi connectivity index (χ3v) is 5.81. The Morgan fingerprint density at radius 2 is 2.00 bits per heavy atom. The van der Waals surface area contributed by atoms with Crippen molar-refractivity contribution in [2.24, 2.45) is 0 Å². The molecule has 31 heavy (non-hydrogen) atoms. The molecule has 2 aliphatic heterocycles. The van der Waals surface area contributed by atoms with Crippen molar-refractivity contribution < 1.29 is 24.1 Å². The number of hydrogen-bond acceptors (Lipinski definition) is 5. The third-order valence-electron chi connectivity index (χ3n) is 5.81. The monoisotopic (exact) mass is 426 g/mol. The SMILES string of the molecule is CC(C)N(CCc1ccc2c(c1)COC2=C1C(=O)Nc2ccc(F)cc21)C[C@@H](O)CO. The quantitative estimate of drug-likeness (QED) is 0.593. The van der Waals surface area contributed by atoms with E-state index in [9.17, 15) is 14.3 Å². The molecular weight excluding hydrogens is 399 g/mol. The van der Waals surface area contributed by atoms with Gasteiger partial charge in [0.15, 0.2) is 0 Å². The average Bonchev–Trinajstić information content (AvgIpc) is 3.29. The highest BCUT2D eigenvalue weighted by Gasteiger charge is 2.32. The van der Waals surface area contributed by atoms with Crippen LogP contribution in [0.1, 0.15) is 36.1 Å². The molecule has 0 unspecified atom stereocenters. The molecule has 2 aromatic rings. The lowest BCUT2D eigenvalue weighted by Crippen LogP contribution is -2.40. The van der Waals surface area contributed by atoms with E-state index in [1.807, 2.05) is 12.1 Å². The first kappa shape index (κ1) is 21.5. The molecule has 7 heteroatoms. The first-order valence-electron chi connectivity index (χ1n) is 10.5. The number of fused-ring (bicyclic) bond motifs is 2. The summed E-state index contributed by atoms with van der Waals surface area (Å²) in [4.78, 5) is 14.7. The van der Waals surface area contributed by atoms with E-state index < -0.39 is 11.9 Å². The minimum Gasteiger partial charge on any atom is -0.487 e. The smallest absolute Gasteiger partial charge is 0.260 e. The zero-order valence-electron chi connectivity index (χ0n) is 17.7. The van der Waals surface area contributed by atoms with Crippen LogP contribution in [-0.2, 0) is 22.6 Å². The van der Waals surface area contributed by atoms with Crippen molar-refractivity contribution in [2.75, 3.05) is 25.0 Å². The lowest BCUT2D eigenvalue weighted by Gasteiger charge is -2.28. The van der Waals surface area contributed by atoms with Gasteiger partial charge in [0.1, 0.15) is 18.2 Å². The second-order valence-corrected chi connectivity index (χ2v) is 8.30. The van der Waals surface area contributed by atoms with E-state index >= 15 is 0 Å². The predicted molar refractivity (Wildman–Crippen MR) is 117 cm³/mol. The number of nitrogens with one attached hydrogen (secondary N) is 1. The summed E-state index contributed by atoms with van der Waals surface area (Å²) in [7, 11) is 0. The van der Waals surface area contributed by atoms with E-state index in [1.165, 1.54) is 12.1 Å². The van der Waals surface area contributed by atoms with Crippen molar-refractivity contribution in [1.82, 2.24) is 4.90 Å². The van der Waals surface area contributed by atoms with Crippen LogP contribution in [0.25, 0.3) is 11.3 Å². The standard InChI is InChI=1S/C24H27FN2O4/c1-14(2)27(11-18(29)12-28)8-7-15-3-5-19-16(9-15)13-31-23(19)22-20-10-17(25)4-6-21(20)26-24(22)30/h3-6,9-10,14,18,28-29H,7-8,11-13H2,1-2H3,(H,26,30)/t18-/m1/s1. The molecule has 1 atom stereocenters. The highest BCUT2D eigenvalue weighted by atomic mass is 19.1. The van der Waals surface area contributed by atoms with Gasteiger partial charge in [0.05, 0.1) is 18.3 Å². The highest BCUT2D eigenvalue weighted by Crippen LogP contribution is 2.41. The van der Waals surface area contributed by atoms with E-state index in [4.69, 9.17) is 9.84 Å². The molecule has 0 bridgehead atoms. The Labute approximate surface area is 181 Å². The number of carbonyl (C=O) groups excluding carboxylic acids is 1. The third kappa shape index (κ3) is 4.35. The van der Waals surface area contributed by atoms with Gasteiger partial charge in [0.2, 0.25) is 0 Å².